The lowest BCUT2D eigenvalue weighted by Gasteiger charge is -2.19. The van der Waals surface area contributed by atoms with Crippen LogP contribution in [0.25, 0.3) is 0 Å². The molecule has 0 amide bonds. The quantitative estimate of drug-likeness (QED) is 0.444. The highest BCUT2D eigenvalue weighted by atomic mass is 15.1. The predicted octanol–water partition coefficient (Wildman–Crippen LogP) is 6.62. The number of rotatable bonds is 4. The van der Waals surface area contributed by atoms with Crippen molar-refractivity contribution in [3.8, 4) is 0 Å². The summed E-state index contributed by atoms with van der Waals surface area (Å²) in [5.41, 5.74) is 2.17. The Bertz CT molecular complexity index is 374. The second-order valence-electron chi connectivity index (χ2n) is 3.33. The van der Waals surface area contributed by atoms with Crippen LogP contribution in [0.4, 0.5) is 5.69 Å². The van der Waals surface area contributed by atoms with Crippen LogP contribution >= 0.6 is 0 Å². The first kappa shape index (κ1) is 24.0. The summed E-state index contributed by atoms with van der Waals surface area (Å²) in [6.45, 7) is 20.7. The summed E-state index contributed by atoms with van der Waals surface area (Å²) in [5.74, 6) is 0. The Morgan fingerprint density at radius 3 is 1.71 bits per heavy atom. The maximum atomic E-state index is 3.77. The van der Waals surface area contributed by atoms with Gasteiger partial charge in [-0.05, 0) is 31.2 Å². The molecule has 0 saturated carbocycles. The van der Waals surface area contributed by atoms with Crippen molar-refractivity contribution in [1.82, 2.24) is 0 Å². The zero-order valence-corrected chi connectivity index (χ0v) is 14.8. The van der Waals surface area contributed by atoms with E-state index in [0.29, 0.717) is 0 Å². The standard InChI is InChI=1S/C13H15N.C3H6.2C2H6/c1-4-9-12(5-2)14(3)13-10-7-6-8-11-13;1-3-2;2*1-2/h4-11H,1-2H2,3H3;3H,1H2,2H3;2*1-2H3/b12-9+;;;. The molecule has 0 aliphatic carbocycles. The topological polar surface area (TPSA) is 3.24 Å². The molecule has 0 aliphatic rings. The van der Waals surface area contributed by atoms with E-state index in [0.717, 1.165) is 11.4 Å². The fraction of sp³-hybridized carbons (Fsp3) is 0.300. The summed E-state index contributed by atoms with van der Waals surface area (Å²) >= 11 is 0. The Balaban J connectivity index is -0.000000399. The van der Waals surface area contributed by atoms with Crippen LogP contribution in [0, 0.1) is 0 Å². The van der Waals surface area contributed by atoms with Gasteiger partial charge in [-0.3, -0.25) is 0 Å². The molecule has 118 valence electrons. The minimum Gasteiger partial charge on any atom is -0.345 e. The number of benzene rings is 1. The number of anilines is 1. The van der Waals surface area contributed by atoms with E-state index in [4.69, 9.17) is 0 Å². The van der Waals surface area contributed by atoms with E-state index in [2.05, 4.69) is 36.8 Å². The maximum absolute atomic E-state index is 3.77. The van der Waals surface area contributed by atoms with Gasteiger partial charge in [-0.15, -0.1) is 6.58 Å². The molecule has 1 aromatic carbocycles. The van der Waals surface area contributed by atoms with Crippen molar-refractivity contribution in [2.45, 2.75) is 34.6 Å². The van der Waals surface area contributed by atoms with Gasteiger partial charge in [-0.1, -0.05) is 71.2 Å². The third-order valence-electron chi connectivity index (χ3n) is 2.03. The monoisotopic (exact) mass is 287 g/mol. The maximum Gasteiger partial charge on any atom is 0.0408 e. The van der Waals surface area contributed by atoms with Gasteiger partial charge in [0.15, 0.2) is 0 Å². The van der Waals surface area contributed by atoms with Crippen LogP contribution in [0.2, 0.25) is 0 Å². The molecule has 1 heteroatoms. The molecule has 1 aromatic rings. The van der Waals surface area contributed by atoms with Crippen LogP contribution in [0.1, 0.15) is 34.6 Å². The van der Waals surface area contributed by atoms with E-state index >= 15 is 0 Å². The smallest absolute Gasteiger partial charge is 0.0408 e. The molecule has 0 atom stereocenters. The highest BCUT2D eigenvalue weighted by Crippen LogP contribution is 2.16. The van der Waals surface area contributed by atoms with Crippen LogP contribution in [0.5, 0.6) is 0 Å². The van der Waals surface area contributed by atoms with Crippen molar-refractivity contribution in [3.05, 3.63) is 80.1 Å². The number of likely N-dealkylation sites (N-methyl/N-ethyl adjacent to an activating group) is 1. The van der Waals surface area contributed by atoms with Crippen molar-refractivity contribution in [2.75, 3.05) is 11.9 Å². The summed E-state index contributed by atoms with van der Waals surface area (Å²) in [4.78, 5) is 2.06. The number of nitrogens with zero attached hydrogens (tertiary/aromatic N) is 1. The number of hydrogen-bond donors (Lipinski definition) is 0. The normalized spacial score (nSPS) is 8.38. The first-order valence-corrected chi connectivity index (χ1v) is 7.52. The Morgan fingerprint density at radius 1 is 0.952 bits per heavy atom. The molecular formula is C20H33N. The average Bonchev–Trinajstić information content (AvgIpc) is 2.57. The Morgan fingerprint density at radius 2 is 1.38 bits per heavy atom. The van der Waals surface area contributed by atoms with Gasteiger partial charge >= 0.3 is 0 Å². The highest BCUT2D eigenvalue weighted by molar-refractivity contribution is 5.53. The highest BCUT2D eigenvalue weighted by Gasteiger charge is 2.01. The number of para-hydroxylation sites is 1. The molecule has 21 heavy (non-hydrogen) atoms. The summed E-state index contributed by atoms with van der Waals surface area (Å²) < 4.78 is 0. The van der Waals surface area contributed by atoms with Gasteiger partial charge in [0.2, 0.25) is 0 Å². The molecular weight excluding hydrogens is 254 g/mol. The summed E-state index contributed by atoms with van der Waals surface area (Å²) in [5, 5.41) is 0. The van der Waals surface area contributed by atoms with Gasteiger partial charge in [0.1, 0.15) is 0 Å². The lowest BCUT2D eigenvalue weighted by Crippen LogP contribution is -2.14. The third-order valence-corrected chi connectivity index (χ3v) is 2.03. The second kappa shape index (κ2) is 20.3. The predicted molar refractivity (Wildman–Crippen MR) is 102 cm³/mol. The summed E-state index contributed by atoms with van der Waals surface area (Å²) in [6.07, 6.45) is 7.26. The van der Waals surface area contributed by atoms with Crippen LogP contribution in [-0.4, -0.2) is 7.05 Å². The van der Waals surface area contributed by atoms with Crippen LogP contribution in [-0.2, 0) is 0 Å². The SMILES string of the molecule is C=C/C=C(\C=C)N(C)c1ccccc1.C=CC.CC.CC. The van der Waals surface area contributed by atoms with Crippen molar-refractivity contribution < 1.29 is 0 Å². The van der Waals surface area contributed by atoms with E-state index < -0.39 is 0 Å². The summed E-state index contributed by atoms with van der Waals surface area (Å²) in [6, 6.07) is 10.1. The van der Waals surface area contributed by atoms with Crippen molar-refractivity contribution in [2.24, 2.45) is 0 Å². The van der Waals surface area contributed by atoms with Crippen LogP contribution in [0.3, 0.4) is 0 Å². The molecule has 0 fully saturated rings. The van der Waals surface area contributed by atoms with E-state index in [1.165, 1.54) is 0 Å². The second-order valence-corrected chi connectivity index (χ2v) is 3.33. The van der Waals surface area contributed by atoms with Crippen LogP contribution in [0.15, 0.2) is 80.1 Å². The number of hydrogen-bond acceptors (Lipinski definition) is 1. The largest absolute Gasteiger partial charge is 0.345 e. The Hall–Kier alpha value is -2.02. The molecule has 0 aromatic heterocycles. The van der Waals surface area contributed by atoms with E-state index in [1.807, 2.05) is 72.0 Å². The molecule has 0 unspecified atom stereocenters. The molecule has 1 rings (SSSR count). The van der Waals surface area contributed by atoms with Gasteiger partial charge in [0, 0.05) is 18.4 Å². The van der Waals surface area contributed by atoms with Crippen molar-refractivity contribution in [3.63, 3.8) is 0 Å². The first-order chi connectivity index (χ1) is 10.2. The van der Waals surface area contributed by atoms with Gasteiger partial charge in [0.25, 0.3) is 0 Å². The summed E-state index contributed by atoms with van der Waals surface area (Å²) in [7, 11) is 2.01. The Labute approximate surface area is 133 Å². The molecule has 0 N–H and O–H groups in total. The molecule has 0 saturated heterocycles. The van der Waals surface area contributed by atoms with Crippen LogP contribution < -0.4 is 4.90 Å². The molecule has 0 radical (unpaired) electrons. The zero-order valence-electron chi connectivity index (χ0n) is 14.8. The van der Waals surface area contributed by atoms with Gasteiger partial charge in [-0.2, -0.15) is 0 Å². The van der Waals surface area contributed by atoms with Gasteiger partial charge < -0.3 is 4.90 Å². The van der Waals surface area contributed by atoms with E-state index in [-0.39, 0.29) is 0 Å². The molecule has 0 spiro atoms. The van der Waals surface area contributed by atoms with E-state index in [9.17, 15) is 0 Å². The fourth-order valence-electron chi connectivity index (χ4n) is 1.24. The Kier molecular flexibility index (Phi) is 23.2. The first-order valence-electron chi connectivity index (χ1n) is 7.52. The van der Waals surface area contributed by atoms with Gasteiger partial charge in [-0.25, -0.2) is 0 Å². The van der Waals surface area contributed by atoms with Gasteiger partial charge in [0.05, 0.1) is 0 Å². The lowest BCUT2D eigenvalue weighted by molar-refractivity contribution is 1.14. The van der Waals surface area contributed by atoms with E-state index in [1.54, 1.807) is 12.2 Å². The minimum absolute atomic E-state index is 1.03. The third kappa shape index (κ3) is 12.7. The van der Waals surface area contributed by atoms with Crippen molar-refractivity contribution in [1.29, 1.82) is 0 Å². The zero-order chi connectivity index (χ0) is 17.1. The molecule has 0 bridgehead atoms. The molecule has 0 aliphatic heterocycles. The van der Waals surface area contributed by atoms with Crippen molar-refractivity contribution >= 4 is 5.69 Å². The number of allylic oxidation sites excluding steroid dienone is 4. The fourth-order valence-corrected chi connectivity index (χ4v) is 1.24. The lowest BCUT2D eigenvalue weighted by atomic mass is 10.2. The average molecular weight is 287 g/mol. The molecule has 1 nitrogen and oxygen atoms in total. The molecule has 0 heterocycles. The minimum atomic E-state index is 1.03.